The highest BCUT2D eigenvalue weighted by Gasteiger charge is 2.51. The third-order valence-corrected chi connectivity index (χ3v) is 12.2. The zero-order chi connectivity index (χ0) is 31.0. The number of rotatable bonds is 3. The maximum absolute atomic E-state index is 6.74. The van der Waals surface area contributed by atoms with Crippen LogP contribution in [0.1, 0.15) is 22.3 Å². The Labute approximate surface area is 282 Å². The van der Waals surface area contributed by atoms with Gasteiger partial charge in [-0.2, -0.15) is 0 Å². The second-order valence-electron chi connectivity index (χ2n) is 12.0. The van der Waals surface area contributed by atoms with Gasteiger partial charge >= 0.3 is 0 Å². The SMILES string of the molecule is c1ccc(N(c2ccc3c(c2)C2(c4ccccc4O3)c3ccccc3-c3ccccc32)c2cccc3c2Sc2ccccc2S3)cc1. The third-order valence-electron chi connectivity index (χ3n) is 9.58. The van der Waals surface area contributed by atoms with E-state index >= 15 is 0 Å². The molecule has 0 saturated carbocycles. The van der Waals surface area contributed by atoms with Gasteiger partial charge in [0.1, 0.15) is 11.5 Å². The van der Waals surface area contributed by atoms with Crippen molar-refractivity contribution < 1.29 is 4.74 Å². The lowest BCUT2D eigenvalue weighted by Gasteiger charge is -2.40. The first kappa shape index (κ1) is 27.0. The van der Waals surface area contributed by atoms with E-state index in [2.05, 4.69) is 169 Å². The zero-order valence-electron chi connectivity index (χ0n) is 25.3. The first-order valence-corrected chi connectivity index (χ1v) is 17.5. The number of nitrogens with zero attached hydrogens (tertiary/aromatic N) is 1. The highest BCUT2D eigenvalue weighted by atomic mass is 32.2. The van der Waals surface area contributed by atoms with Gasteiger partial charge in [-0.25, -0.2) is 0 Å². The molecule has 47 heavy (non-hydrogen) atoms. The van der Waals surface area contributed by atoms with Crippen molar-refractivity contribution >= 4 is 40.6 Å². The first-order chi connectivity index (χ1) is 23.3. The summed E-state index contributed by atoms with van der Waals surface area (Å²) < 4.78 is 6.74. The topological polar surface area (TPSA) is 12.5 Å². The summed E-state index contributed by atoms with van der Waals surface area (Å²) in [5, 5.41) is 0. The van der Waals surface area contributed by atoms with Crippen molar-refractivity contribution in [1.29, 1.82) is 0 Å². The second kappa shape index (κ2) is 10.4. The minimum Gasteiger partial charge on any atom is -0.457 e. The Bertz CT molecular complexity index is 2320. The summed E-state index contributed by atoms with van der Waals surface area (Å²) in [4.78, 5) is 7.56. The normalized spacial score (nSPS) is 14.1. The molecule has 0 aromatic heterocycles. The second-order valence-corrected chi connectivity index (χ2v) is 14.2. The predicted octanol–water partition coefficient (Wildman–Crippen LogP) is 12.2. The smallest absolute Gasteiger partial charge is 0.132 e. The van der Waals surface area contributed by atoms with Crippen LogP contribution in [0.25, 0.3) is 11.1 Å². The van der Waals surface area contributed by atoms with E-state index in [-0.39, 0.29) is 0 Å². The quantitative estimate of drug-likeness (QED) is 0.191. The number of anilines is 3. The molecule has 7 aromatic rings. The number of hydrogen-bond donors (Lipinski definition) is 0. The molecular weight excluding hydrogens is 611 g/mol. The van der Waals surface area contributed by atoms with E-state index < -0.39 is 5.41 Å². The molecule has 2 aliphatic heterocycles. The molecule has 10 rings (SSSR count). The molecule has 0 bridgehead atoms. The number of benzene rings is 7. The molecule has 0 radical (unpaired) electrons. The molecule has 0 saturated heterocycles. The van der Waals surface area contributed by atoms with Crippen LogP contribution in [0.4, 0.5) is 17.1 Å². The highest BCUT2D eigenvalue weighted by Crippen LogP contribution is 2.63. The molecule has 2 nitrogen and oxygen atoms in total. The van der Waals surface area contributed by atoms with Crippen molar-refractivity contribution in [3.8, 4) is 22.6 Å². The fraction of sp³-hybridized carbons (Fsp3) is 0.0233. The molecule has 3 aliphatic rings. The molecule has 0 unspecified atom stereocenters. The van der Waals surface area contributed by atoms with Gasteiger partial charge in [0.25, 0.3) is 0 Å². The van der Waals surface area contributed by atoms with Crippen molar-refractivity contribution in [1.82, 2.24) is 0 Å². The van der Waals surface area contributed by atoms with Crippen LogP contribution in [0.3, 0.4) is 0 Å². The van der Waals surface area contributed by atoms with Gasteiger partial charge in [0.05, 0.1) is 16.0 Å². The van der Waals surface area contributed by atoms with Crippen molar-refractivity contribution in [2.75, 3.05) is 4.90 Å². The molecule has 0 fully saturated rings. The summed E-state index contributed by atoms with van der Waals surface area (Å²) in [7, 11) is 0. The van der Waals surface area contributed by atoms with Gasteiger partial charge in [-0.3, -0.25) is 0 Å². The Morgan fingerprint density at radius 3 is 1.79 bits per heavy atom. The van der Waals surface area contributed by atoms with Gasteiger partial charge in [-0.1, -0.05) is 127 Å². The summed E-state index contributed by atoms with van der Waals surface area (Å²) in [5.74, 6) is 1.80. The lowest BCUT2D eigenvalue weighted by atomic mass is 9.66. The van der Waals surface area contributed by atoms with E-state index in [1.165, 1.54) is 53.1 Å². The van der Waals surface area contributed by atoms with Gasteiger partial charge in [-0.05, 0) is 82.9 Å². The van der Waals surface area contributed by atoms with Crippen LogP contribution >= 0.6 is 23.5 Å². The Kier molecular flexibility index (Phi) is 5.99. The Morgan fingerprint density at radius 2 is 1.02 bits per heavy atom. The molecule has 7 aromatic carbocycles. The molecule has 4 heteroatoms. The number of para-hydroxylation sites is 2. The lowest BCUT2D eigenvalue weighted by Crippen LogP contribution is -2.32. The molecule has 1 spiro atoms. The molecule has 0 N–H and O–H groups in total. The Hall–Kier alpha value is -5.16. The number of hydrogen-bond acceptors (Lipinski definition) is 4. The van der Waals surface area contributed by atoms with E-state index in [4.69, 9.17) is 4.74 Å². The van der Waals surface area contributed by atoms with E-state index in [1.807, 2.05) is 23.5 Å². The van der Waals surface area contributed by atoms with Gasteiger partial charge in [0.2, 0.25) is 0 Å². The van der Waals surface area contributed by atoms with Crippen molar-refractivity contribution in [2.45, 2.75) is 25.0 Å². The van der Waals surface area contributed by atoms with Crippen molar-refractivity contribution in [3.05, 3.63) is 186 Å². The summed E-state index contributed by atoms with van der Waals surface area (Å²) in [6.45, 7) is 0. The van der Waals surface area contributed by atoms with Gasteiger partial charge in [0.15, 0.2) is 0 Å². The van der Waals surface area contributed by atoms with E-state index in [1.54, 1.807) is 0 Å². The average molecular weight is 638 g/mol. The summed E-state index contributed by atoms with van der Waals surface area (Å²) in [6, 6.07) is 59.3. The lowest BCUT2D eigenvalue weighted by molar-refractivity contribution is 0.436. The third kappa shape index (κ3) is 3.89. The zero-order valence-corrected chi connectivity index (χ0v) is 26.9. The standard InChI is InChI=1S/C43H27NOS2/c1-2-13-28(14-3-1)44(36-20-12-24-41-42(36)47-40-23-11-10-22-39(40)46-41)29-25-26-38-35(27-29)43(34-19-8-9-21-37(34)45-38)32-17-6-4-15-30(32)31-16-5-7-18-33(31)43/h1-27H. The largest absolute Gasteiger partial charge is 0.457 e. The molecule has 0 amide bonds. The monoisotopic (exact) mass is 637 g/mol. The van der Waals surface area contributed by atoms with E-state index in [0.717, 1.165) is 28.4 Å². The van der Waals surface area contributed by atoms with Crippen molar-refractivity contribution in [2.24, 2.45) is 0 Å². The summed E-state index contributed by atoms with van der Waals surface area (Å²) in [5.41, 5.74) is 10.3. The molecule has 0 atom stereocenters. The summed E-state index contributed by atoms with van der Waals surface area (Å²) in [6.07, 6.45) is 0. The van der Waals surface area contributed by atoms with Crippen LogP contribution in [0, 0.1) is 0 Å². The fourth-order valence-corrected chi connectivity index (χ4v) is 10.1. The minimum atomic E-state index is -0.518. The van der Waals surface area contributed by atoms with Crippen molar-refractivity contribution in [3.63, 3.8) is 0 Å². The average Bonchev–Trinajstić information content (AvgIpc) is 3.43. The maximum Gasteiger partial charge on any atom is 0.132 e. The van der Waals surface area contributed by atoms with Crippen LogP contribution in [0.2, 0.25) is 0 Å². The van der Waals surface area contributed by atoms with Crippen LogP contribution in [-0.4, -0.2) is 0 Å². The molecule has 2 heterocycles. The molecule has 222 valence electrons. The number of fused-ring (bicyclic) bond motifs is 11. The van der Waals surface area contributed by atoms with E-state index in [0.29, 0.717) is 0 Å². The molecule has 1 aliphatic carbocycles. The predicted molar refractivity (Wildman–Crippen MR) is 193 cm³/mol. The maximum atomic E-state index is 6.74. The molecular formula is C43H27NOS2. The first-order valence-electron chi connectivity index (χ1n) is 15.8. The van der Waals surface area contributed by atoms with E-state index in [9.17, 15) is 0 Å². The van der Waals surface area contributed by atoms with Crippen LogP contribution < -0.4 is 9.64 Å². The Morgan fingerprint density at radius 1 is 0.426 bits per heavy atom. The Balaban J connectivity index is 1.24. The highest BCUT2D eigenvalue weighted by molar-refractivity contribution is 8.05. The van der Waals surface area contributed by atoms with Crippen LogP contribution in [0.15, 0.2) is 183 Å². The minimum absolute atomic E-state index is 0.518. The summed E-state index contributed by atoms with van der Waals surface area (Å²) >= 11 is 3.71. The van der Waals surface area contributed by atoms with Crippen LogP contribution in [0.5, 0.6) is 11.5 Å². The fourth-order valence-electron chi connectivity index (χ4n) is 7.70. The van der Waals surface area contributed by atoms with Gasteiger partial charge < -0.3 is 9.64 Å². The van der Waals surface area contributed by atoms with Crippen LogP contribution in [-0.2, 0) is 5.41 Å². The van der Waals surface area contributed by atoms with Gasteiger partial charge in [0, 0.05) is 37.2 Å². The number of ether oxygens (including phenoxy) is 1. The van der Waals surface area contributed by atoms with Gasteiger partial charge in [-0.15, -0.1) is 0 Å².